The van der Waals surface area contributed by atoms with Gasteiger partial charge in [0.2, 0.25) is 11.9 Å². The molecule has 1 saturated heterocycles. The minimum Gasteiger partial charge on any atom is -0.370 e. The highest BCUT2D eigenvalue weighted by Crippen LogP contribution is 2.28. The number of nitrogens with one attached hydrogen (secondary N) is 3. The number of anilines is 3. The number of imidazole rings is 1. The van der Waals surface area contributed by atoms with Crippen LogP contribution in [-0.4, -0.2) is 51.0 Å². The topological polar surface area (TPSA) is 81.8 Å². The molecule has 1 aliphatic heterocycles. The second-order valence-corrected chi connectivity index (χ2v) is 7.96. The Labute approximate surface area is 173 Å². The van der Waals surface area contributed by atoms with Crippen LogP contribution in [0.4, 0.5) is 17.7 Å². The number of hydrogen-bond donors (Lipinski definition) is 3. The monoisotopic (exact) mass is 419 g/mol. The second-order valence-electron chi connectivity index (χ2n) is 7.14. The summed E-state index contributed by atoms with van der Waals surface area (Å²) >= 11 is 12.1. The van der Waals surface area contributed by atoms with Gasteiger partial charge in [-0.1, -0.05) is 30.1 Å². The molecule has 1 atom stereocenters. The van der Waals surface area contributed by atoms with Crippen LogP contribution in [0, 0.1) is 12.8 Å². The minimum absolute atomic E-state index is 0.471. The Morgan fingerprint density at radius 2 is 2.00 bits per heavy atom. The largest absolute Gasteiger partial charge is 0.370 e. The molecule has 3 aromatic rings. The lowest BCUT2D eigenvalue weighted by atomic mass is 10.1. The number of nitrogens with zero attached hydrogens (tertiary/aromatic N) is 4. The van der Waals surface area contributed by atoms with E-state index in [-0.39, 0.29) is 0 Å². The lowest BCUT2D eigenvalue weighted by molar-refractivity contribution is 0.345. The molecule has 2 aromatic heterocycles. The fraction of sp³-hybridized carbons (Fsp3) is 0.421. The molecule has 28 heavy (non-hydrogen) atoms. The normalized spacial score (nSPS) is 17.4. The van der Waals surface area contributed by atoms with E-state index in [0.717, 1.165) is 42.2 Å². The van der Waals surface area contributed by atoms with Gasteiger partial charge in [-0.2, -0.15) is 4.98 Å². The zero-order chi connectivity index (χ0) is 19.7. The number of fused-ring (bicyclic) bond motifs is 1. The molecule has 0 saturated carbocycles. The predicted octanol–water partition coefficient (Wildman–Crippen LogP) is 4.47. The van der Waals surface area contributed by atoms with Gasteiger partial charge in [-0.25, -0.2) is 9.97 Å². The number of aromatic nitrogens is 4. The molecule has 9 heteroatoms. The van der Waals surface area contributed by atoms with Crippen molar-refractivity contribution in [3.63, 3.8) is 0 Å². The van der Waals surface area contributed by atoms with Crippen LogP contribution in [0.5, 0.6) is 0 Å². The molecular weight excluding hydrogens is 397 g/mol. The molecule has 1 aromatic carbocycles. The van der Waals surface area contributed by atoms with Gasteiger partial charge in [-0.3, -0.25) is 5.32 Å². The summed E-state index contributed by atoms with van der Waals surface area (Å²) in [6.07, 6.45) is 1.22. The highest BCUT2D eigenvalue weighted by Gasteiger charge is 2.21. The molecule has 0 bridgehead atoms. The number of benzene rings is 1. The van der Waals surface area contributed by atoms with E-state index in [9.17, 15) is 0 Å². The average Bonchev–Trinajstić information content (AvgIpc) is 3.26. The molecule has 1 fully saturated rings. The van der Waals surface area contributed by atoms with Gasteiger partial charge >= 0.3 is 0 Å². The molecule has 7 nitrogen and oxygen atoms in total. The molecule has 1 aliphatic rings. The molecule has 0 aliphatic carbocycles. The quantitative estimate of drug-likeness (QED) is 0.546. The zero-order valence-electron chi connectivity index (χ0n) is 15.9. The first-order chi connectivity index (χ1) is 13.5. The number of H-pyrrole nitrogens is 1. The van der Waals surface area contributed by atoms with E-state index >= 15 is 0 Å². The Bertz CT molecular complexity index is 949. The first kappa shape index (κ1) is 19.2. The summed E-state index contributed by atoms with van der Waals surface area (Å²) in [6.45, 7) is 8.51. The van der Waals surface area contributed by atoms with Crippen molar-refractivity contribution in [2.45, 2.75) is 20.3 Å². The summed E-state index contributed by atoms with van der Waals surface area (Å²) in [6, 6.07) is 5.44. The zero-order valence-corrected chi connectivity index (χ0v) is 17.4. The highest BCUT2D eigenvalue weighted by molar-refractivity contribution is 6.42. The maximum atomic E-state index is 6.07. The third-order valence-electron chi connectivity index (χ3n) is 5.00. The van der Waals surface area contributed by atoms with Crippen LogP contribution in [0.3, 0.4) is 0 Å². The van der Waals surface area contributed by atoms with Crippen LogP contribution in [0.25, 0.3) is 11.0 Å². The number of aromatic amines is 1. The number of aryl methyl sites for hydroxylation is 1. The van der Waals surface area contributed by atoms with Crippen LogP contribution in [0.15, 0.2) is 18.2 Å². The summed E-state index contributed by atoms with van der Waals surface area (Å²) in [7, 11) is 0. The Hall–Kier alpha value is -2.09. The SMILES string of the molecule is CCN1CCC(CNc2cc(C)nc(Nc3nc4cc(Cl)c(Cl)cc4[nH]3)n2)C1. The Kier molecular flexibility index (Phi) is 5.57. The lowest BCUT2D eigenvalue weighted by Gasteiger charge is -2.14. The van der Waals surface area contributed by atoms with Crippen LogP contribution < -0.4 is 10.6 Å². The van der Waals surface area contributed by atoms with Gasteiger partial charge < -0.3 is 15.2 Å². The maximum absolute atomic E-state index is 6.07. The van der Waals surface area contributed by atoms with Gasteiger partial charge in [0.05, 0.1) is 21.1 Å². The third-order valence-corrected chi connectivity index (χ3v) is 5.72. The summed E-state index contributed by atoms with van der Waals surface area (Å²) in [5, 5.41) is 7.54. The van der Waals surface area contributed by atoms with Crippen molar-refractivity contribution in [1.82, 2.24) is 24.8 Å². The number of likely N-dealkylation sites (tertiary alicyclic amines) is 1. The van der Waals surface area contributed by atoms with Gasteiger partial charge in [0.25, 0.3) is 0 Å². The standard InChI is InChI=1S/C19H23Cl2N7/c1-3-28-5-4-12(10-28)9-22-17-6-11(2)23-18(26-17)27-19-24-15-7-13(20)14(21)8-16(15)25-19/h6-8,12H,3-5,9-10H2,1-2H3,(H3,22,23,24,25,26,27). The Morgan fingerprint density at radius 1 is 1.18 bits per heavy atom. The van der Waals surface area contributed by atoms with Crippen molar-refractivity contribution in [2.75, 3.05) is 36.8 Å². The van der Waals surface area contributed by atoms with Crippen molar-refractivity contribution in [3.8, 4) is 0 Å². The van der Waals surface area contributed by atoms with Crippen molar-refractivity contribution in [2.24, 2.45) is 5.92 Å². The van der Waals surface area contributed by atoms with Crippen molar-refractivity contribution >= 4 is 51.9 Å². The maximum Gasteiger partial charge on any atom is 0.231 e. The van der Waals surface area contributed by atoms with Crippen LogP contribution >= 0.6 is 23.2 Å². The van der Waals surface area contributed by atoms with Crippen molar-refractivity contribution in [3.05, 3.63) is 33.9 Å². The van der Waals surface area contributed by atoms with Gasteiger partial charge in [0, 0.05) is 24.8 Å². The van der Waals surface area contributed by atoms with Crippen molar-refractivity contribution < 1.29 is 0 Å². The van der Waals surface area contributed by atoms with E-state index in [0.29, 0.717) is 27.9 Å². The van der Waals surface area contributed by atoms with E-state index in [1.165, 1.54) is 13.0 Å². The molecule has 3 N–H and O–H groups in total. The van der Waals surface area contributed by atoms with Crippen molar-refractivity contribution in [1.29, 1.82) is 0 Å². The van der Waals surface area contributed by atoms with Gasteiger partial charge in [-0.15, -0.1) is 0 Å². The Balaban J connectivity index is 1.46. The summed E-state index contributed by atoms with van der Waals surface area (Å²) in [5.74, 6) is 2.49. The number of rotatable bonds is 6. The van der Waals surface area contributed by atoms with E-state index in [1.54, 1.807) is 12.1 Å². The van der Waals surface area contributed by atoms with E-state index in [4.69, 9.17) is 23.2 Å². The second kappa shape index (κ2) is 8.11. The molecule has 148 valence electrons. The van der Waals surface area contributed by atoms with E-state index in [1.807, 2.05) is 13.0 Å². The Morgan fingerprint density at radius 3 is 2.79 bits per heavy atom. The average molecular weight is 420 g/mol. The number of halogens is 2. The van der Waals surface area contributed by atoms with Gasteiger partial charge in [0.1, 0.15) is 5.82 Å². The van der Waals surface area contributed by atoms with Crippen LogP contribution in [0.1, 0.15) is 19.0 Å². The van der Waals surface area contributed by atoms with Crippen LogP contribution in [-0.2, 0) is 0 Å². The summed E-state index contributed by atoms with van der Waals surface area (Å²) in [5.41, 5.74) is 2.40. The van der Waals surface area contributed by atoms with Gasteiger partial charge in [0.15, 0.2) is 0 Å². The first-order valence-electron chi connectivity index (χ1n) is 9.44. The van der Waals surface area contributed by atoms with E-state index < -0.39 is 0 Å². The van der Waals surface area contributed by atoms with E-state index in [2.05, 4.69) is 42.4 Å². The highest BCUT2D eigenvalue weighted by atomic mass is 35.5. The smallest absolute Gasteiger partial charge is 0.231 e. The summed E-state index contributed by atoms with van der Waals surface area (Å²) in [4.78, 5) is 19.2. The fourth-order valence-corrected chi connectivity index (χ4v) is 3.82. The molecule has 1 unspecified atom stereocenters. The molecule has 0 radical (unpaired) electrons. The molecule has 0 amide bonds. The summed E-state index contributed by atoms with van der Waals surface area (Å²) < 4.78 is 0. The third kappa shape index (κ3) is 4.32. The molecule has 0 spiro atoms. The minimum atomic E-state index is 0.471. The molecule has 3 heterocycles. The lowest BCUT2D eigenvalue weighted by Crippen LogP contribution is -2.22. The molecular formula is C19H23Cl2N7. The van der Waals surface area contributed by atoms with Gasteiger partial charge in [-0.05, 0) is 44.5 Å². The molecule has 4 rings (SSSR count). The first-order valence-corrected chi connectivity index (χ1v) is 10.2. The van der Waals surface area contributed by atoms with Crippen LogP contribution in [0.2, 0.25) is 10.0 Å². The fourth-order valence-electron chi connectivity index (χ4n) is 3.50. The number of hydrogen-bond acceptors (Lipinski definition) is 6. The predicted molar refractivity (Wildman–Crippen MR) is 115 cm³/mol.